The molecule has 0 spiro atoms. The van der Waals surface area contributed by atoms with E-state index >= 15 is 0 Å². The second-order valence-corrected chi connectivity index (χ2v) is 8.76. The molecule has 2 aromatic carbocycles. The van der Waals surface area contributed by atoms with Gasteiger partial charge in [-0.1, -0.05) is 42.5 Å². The predicted octanol–water partition coefficient (Wildman–Crippen LogP) is 5.33. The molecule has 0 radical (unpaired) electrons. The summed E-state index contributed by atoms with van der Waals surface area (Å²) in [7, 11) is 0. The minimum absolute atomic E-state index is 0.452. The first-order valence-electron chi connectivity index (χ1n) is 11.7. The third kappa shape index (κ3) is 3.82. The first-order chi connectivity index (χ1) is 16.8. The highest BCUT2D eigenvalue weighted by Crippen LogP contribution is 2.31. The molecule has 6 nitrogen and oxygen atoms in total. The van der Waals surface area contributed by atoms with Gasteiger partial charge in [0.15, 0.2) is 11.5 Å². The summed E-state index contributed by atoms with van der Waals surface area (Å²) in [6.07, 6.45) is 4.29. The SMILES string of the molecule is Nc1ncccc1-c1nc2ccc(-c3ccccc3)nc2n1-c1ccc(CN2CCCC2)cc1. The summed E-state index contributed by atoms with van der Waals surface area (Å²) >= 11 is 0. The molecule has 6 rings (SSSR count). The van der Waals surface area contributed by atoms with Crippen LogP contribution in [0.2, 0.25) is 0 Å². The van der Waals surface area contributed by atoms with Gasteiger partial charge in [0.1, 0.15) is 11.3 Å². The van der Waals surface area contributed by atoms with Crippen molar-refractivity contribution in [3.8, 4) is 28.3 Å². The van der Waals surface area contributed by atoms with Crippen LogP contribution in [0.25, 0.3) is 39.5 Å². The Morgan fingerprint density at radius 2 is 1.59 bits per heavy atom. The molecule has 0 unspecified atom stereocenters. The molecule has 4 heterocycles. The Bertz CT molecular complexity index is 1430. The van der Waals surface area contributed by atoms with Crippen molar-refractivity contribution in [1.29, 1.82) is 0 Å². The van der Waals surface area contributed by atoms with E-state index in [4.69, 9.17) is 15.7 Å². The maximum atomic E-state index is 6.27. The van der Waals surface area contributed by atoms with Crippen molar-refractivity contribution in [1.82, 2.24) is 24.4 Å². The summed E-state index contributed by atoms with van der Waals surface area (Å²) in [6.45, 7) is 3.36. The fraction of sp³-hybridized carbons (Fsp3) is 0.179. The van der Waals surface area contributed by atoms with Gasteiger partial charge in [0.25, 0.3) is 0 Å². The van der Waals surface area contributed by atoms with Crippen LogP contribution in [0.1, 0.15) is 18.4 Å². The Morgan fingerprint density at radius 3 is 2.35 bits per heavy atom. The van der Waals surface area contributed by atoms with Crippen molar-refractivity contribution in [2.45, 2.75) is 19.4 Å². The van der Waals surface area contributed by atoms with Crippen LogP contribution >= 0.6 is 0 Å². The van der Waals surface area contributed by atoms with E-state index < -0.39 is 0 Å². The van der Waals surface area contributed by atoms with Crippen molar-refractivity contribution in [2.75, 3.05) is 18.8 Å². The number of aromatic nitrogens is 4. The van der Waals surface area contributed by atoms with Gasteiger partial charge < -0.3 is 5.73 Å². The molecule has 168 valence electrons. The second-order valence-electron chi connectivity index (χ2n) is 8.76. The van der Waals surface area contributed by atoms with Crippen molar-refractivity contribution in [3.05, 3.63) is 90.6 Å². The molecule has 6 heteroatoms. The van der Waals surface area contributed by atoms with Gasteiger partial charge in [-0.15, -0.1) is 0 Å². The van der Waals surface area contributed by atoms with Gasteiger partial charge in [-0.05, 0) is 67.9 Å². The number of imidazole rings is 1. The first kappa shape index (κ1) is 20.6. The van der Waals surface area contributed by atoms with Gasteiger partial charge in [-0.3, -0.25) is 9.47 Å². The second kappa shape index (κ2) is 8.72. The fourth-order valence-electron chi connectivity index (χ4n) is 4.71. The number of pyridine rings is 2. The minimum atomic E-state index is 0.452. The van der Waals surface area contributed by atoms with E-state index in [0.717, 1.165) is 46.0 Å². The first-order valence-corrected chi connectivity index (χ1v) is 11.7. The highest BCUT2D eigenvalue weighted by molar-refractivity contribution is 5.84. The molecule has 3 aromatic heterocycles. The zero-order valence-electron chi connectivity index (χ0n) is 18.9. The lowest BCUT2D eigenvalue weighted by atomic mass is 10.1. The summed E-state index contributed by atoms with van der Waals surface area (Å²) in [6, 6.07) is 26.8. The van der Waals surface area contributed by atoms with Gasteiger partial charge in [0.2, 0.25) is 0 Å². The van der Waals surface area contributed by atoms with Crippen molar-refractivity contribution >= 4 is 17.0 Å². The molecule has 1 aliphatic rings. The van der Waals surface area contributed by atoms with Crippen LogP contribution in [0, 0.1) is 0 Å². The average Bonchev–Trinajstić information content (AvgIpc) is 3.53. The molecule has 0 amide bonds. The Kier molecular flexibility index (Phi) is 5.28. The van der Waals surface area contributed by atoms with E-state index in [1.165, 1.54) is 31.5 Å². The Hall–Kier alpha value is -4.03. The average molecular weight is 447 g/mol. The third-order valence-electron chi connectivity index (χ3n) is 6.45. The van der Waals surface area contributed by atoms with E-state index in [-0.39, 0.29) is 0 Å². The highest BCUT2D eigenvalue weighted by atomic mass is 15.1. The standard InChI is InChI=1S/C28H26N6/c29-26-23(9-6-16-30-26)27-32-25-15-14-24(21-7-2-1-3-8-21)31-28(25)34(27)22-12-10-20(11-13-22)19-33-17-4-5-18-33/h1-3,6-16H,4-5,17-19H2,(H2,29,30). The number of nitrogens with two attached hydrogens (primary N) is 1. The van der Waals surface area contributed by atoms with E-state index in [2.05, 4.69) is 50.8 Å². The van der Waals surface area contributed by atoms with Crippen molar-refractivity contribution in [3.63, 3.8) is 0 Å². The van der Waals surface area contributed by atoms with Crippen molar-refractivity contribution in [2.24, 2.45) is 0 Å². The molecule has 2 N–H and O–H groups in total. The summed E-state index contributed by atoms with van der Waals surface area (Å²) in [5.74, 6) is 1.19. The third-order valence-corrected chi connectivity index (χ3v) is 6.45. The molecule has 34 heavy (non-hydrogen) atoms. The van der Waals surface area contributed by atoms with Crippen LogP contribution in [0.15, 0.2) is 85.1 Å². The maximum absolute atomic E-state index is 6.27. The molecule has 0 atom stereocenters. The monoisotopic (exact) mass is 446 g/mol. The Labute approximate surface area is 198 Å². The van der Waals surface area contributed by atoms with Crippen LogP contribution in [0.3, 0.4) is 0 Å². The number of nitrogen functional groups attached to an aromatic ring is 1. The van der Waals surface area contributed by atoms with Crippen LogP contribution < -0.4 is 5.73 Å². The predicted molar refractivity (Wildman–Crippen MR) is 136 cm³/mol. The number of benzene rings is 2. The molecule has 0 bridgehead atoms. The van der Waals surface area contributed by atoms with E-state index in [0.29, 0.717) is 5.82 Å². The number of likely N-dealkylation sites (tertiary alicyclic amines) is 1. The van der Waals surface area contributed by atoms with Gasteiger partial charge in [-0.2, -0.15) is 0 Å². The van der Waals surface area contributed by atoms with Crippen LogP contribution in [-0.4, -0.2) is 37.5 Å². The number of hydrogen-bond acceptors (Lipinski definition) is 5. The van der Waals surface area contributed by atoms with E-state index in [1.54, 1.807) is 6.20 Å². The summed E-state index contributed by atoms with van der Waals surface area (Å²) in [4.78, 5) is 16.8. The normalized spacial score (nSPS) is 14.1. The Morgan fingerprint density at radius 1 is 0.794 bits per heavy atom. The number of fused-ring (bicyclic) bond motifs is 1. The maximum Gasteiger partial charge on any atom is 0.165 e. The Balaban J connectivity index is 1.49. The van der Waals surface area contributed by atoms with Crippen LogP contribution in [-0.2, 0) is 6.54 Å². The van der Waals surface area contributed by atoms with Crippen molar-refractivity contribution < 1.29 is 0 Å². The molecular formula is C28H26N6. The zero-order chi connectivity index (χ0) is 22.9. The largest absolute Gasteiger partial charge is 0.383 e. The molecule has 1 aliphatic heterocycles. The quantitative estimate of drug-likeness (QED) is 0.395. The minimum Gasteiger partial charge on any atom is -0.383 e. The fourth-order valence-corrected chi connectivity index (χ4v) is 4.71. The van der Waals surface area contributed by atoms with Gasteiger partial charge in [-0.25, -0.2) is 15.0 Å². The topological polar surface area (TPSA) is 72.9 Å². The van der Waals surface area contributed by atoms with E-state index in [1.807, 2.05) is 42.5 Å². The lowest BCUT2D eigenvalue weighted by Crippen LogP contribution is -2.18. The van der Waals surface area contributed by atoms with Gasteiger partial charge in [0.05, 0.1) is 11.3 Å². The summed E-state index contributed by atoms with van der Waals surface area (Å²) in [5, 5.41) is 0. The number of nitrogens with zero attached hydrogens (tertiary/aromatic N) is 5. The lowest BCUT2D eigenvalue weighted by Gasteiger charge is -2.15. The molecule has 1 fully saturated rings. The zero-order valence-corrected chi connectivity index (χ0v) is 18.9. The number of anilines is 1. The summed E-state index contributed by atoms with van der Waals surface area (Å²) < 4.78 is 2.09. The lowest BCUT2D eigenvalue weighted by molar-refractivity contribution is 0.331. The van der Waals surface area contributed by atoms with Gasteiger partial charge in [0, 0.05) is 24.0 Å². The molecular weight excluding hydrogens is 420 g/mol. The molecule has 0 saturated carbocycles. The van der Waals surface area contributed by atoms with Crippen LogP contribution in [0.4, 0.5) is 5.82 Å². The van der Waals surface area contributed by atoms with Gasteiger partial charge >= 0.3 is 0 Å². The highest BCUT2D eigenvalue weighted by Gasteiger charge is 2.19. The smallest absolute Gasteiger partial charge is 0.165 e. The van der Waals surface area contributed by atoms with Crippen LogP contribution in [0.5, 0.6) is 0 Å². The molecule has 1 saturated heterocycles. The number of rotatable bonds is 5. The van der Waals surface area contributed by atoms with E-state index in [9.17, 15) is 0 Å². The number of hydrogen-bond donors (Lipinski definition) is 1. The summed E-state index contributed by atoms with van der Waals surface area (Å²) in [5.41, 5.74) is 13.0. The molecule has 0 aliphatic carbocycles. The molecule has 5 aromatic rings.